The van der Waals surface area contributed by atoms with Gasteiger partial charge in [0.2, 0.25) is 11.8 Å². The zero-order valence-electron chi connectivity index (χ0n) is 14.3. The van der Waals surface area contributed by atoms with Gasteiger partial charge in [0.05, 0.1) is 12.1 Å². The number of amides is 2. The molecule has 1 aliphatic rings. The second kappa shape index (κ2) is 7.40. The number of hydrogen-bond acceptors (Lipinski definition) is 5. The van der Waals surface area contributed by atoms with Crippen LogP contribution in [0.5, 0.6) is 0 Å². The van der Waals surface area contributed by atoms with E-state index in [0.717, 1.165) is 31.6 Å². The zero-order valence-corrected chi connectivity index (χ0v) is 15.1. The first kappa shape index (κ1) is 17.9. The highest BCUT2D eigenvalue weighted by Crippen LogP contribution is 2.21. The van der Waals surface area contributed by atoms with Crippen molar-refractivity contribution in [1.82, 2.24) is 15.2 Å². The van der Waals surface area contributed by atoms with Gasteiger partial charge >= 0.3 is 0 Å². The number of thiazole rings is 1. The summed E-state index contributed by atoms with van der Waals surface area (Å²) in [7, 11) is 1.96. The smallest absolute Gasteiger partial charge is 0.231 e. The minimum absolute atomic E-state index is 0.0705. The Bertz CT molecular complexity index is 557. The lowest BCUT2D eigenvalue weighted by Gasteiger charge is -2.31. The molecule has 1 aromatic rings. The van der Waals surface area contributed by atoms with E-state index in [1.165, 1.54) is 11.3 Å². The normalized spacial score (nSPS) is 16.4. The molecule has 1 saturated heterocycles. The van der Waals surface area contributed by atoms with Crippen LogP contribution in [-0.4, -0.2) is 47.9 Å². The van der Waals surface area contributed by atoms with Crippen molar-refractivity contribution >= 4 is 28.3 Å². The first-order chi connectivity index (χ1) is 10.8. The van der Waals surface area contributed by atoms with Gasteiger partial charge in [-0.25, -0.2) is 4.98 Å². The Balaban J connectivity index is 1.87. The average Bonchev–Trinajstić information content (AvgIpc) is 2.93. The fourth-order valence-corrected chi connectivity index (χ4v) is 3.12. The van der Waals surface area contributed by atoms with E-state index in [0.29, 0.717) is 17.6 Å². The Morgan fingerprint density at radius 1 is 1.35 bits per heavy atom. The third kappa shape index (κ3) is 5.00. The molecule has 2 N–H and O–H groups in total. The molecule has 0 spiro atoms. The van der Waals surface area contributed by atoms with Crippen molar-refractivity contribution < 1.29 is 9.59 Å². The summed E-state index contributed by atoms with van der Waals surface area (Å²) >= 11 is 1.36. The van der Waals surface area contributed by atoms with Crippen molar-refractivity contribution in [2.24, 2.45) is 5.41 Å². The maximum atomic E-state index is 12.3. The molecule has 6 nitrogen and oxygen atoms in total. The summed E-state index contributed by atoms with van der Waals surface area (Å²) in [5, 5.41) is 8.46. The van der Waals surface area contributed by atoms with Gasteiger partial charge in [-0.05, 0) is 19.9 Å². The molecule has 0 bridgehead atoms. The van der Waals surface area contributed by atoms with E-state index in [-0.39, 0.29) is 11.8 Å². The minimum Gasteiger partial charge on any atom is -0.342 e. The minimum atomic E-state index is -0.459. The summed E-state index contributed by atoms with van der Waals surface area (Å²) in [5.41, 5.74) is 0.263. The van der Waals surface area contributed by atoms with Crippen molar-refractivity contribution in [1.29, 1.82) is 0 Å². The fourth-order valence-electron chi connectivity index (χ4n) is 2.41. The van der Waals surface area contributed by atoms with Crippen molar-refractivity contribution in [2.45, 2.75) is 46.1 Å². The molecule has 0 saturated carbocycles. The summed E-state index contributed by atoms with van der Waals surface area (Å²) in [6.07, 6.45) is 2.28. The van der Waals surface area contributed by atoms with E-state index in [2.05, 4.69) is 15.6 Å². The SMILES string of the molecule is CNC1CCN(C(=O)Cc2csc(NC(=O)C(C)(C)C)n2)CC1. The second-order valence-corrected chi connectivity index (χ2v) is 7.83. The molecule has 0 atom stereocenters. The molecule has 128 valence electrons. The third-order valence-electron chi connectivity index (χ3n) is 4.04. The van der Waals surface area contributed by atoms with E-state index < -0.39 is 5.41 Å². The Morgan fingerprint density at radius 2 is 2.00 bits per heavy atom. The summed E-state index contributed by atoms with van der Waals surface area (Å²) in [4.78, 5) is 30.5. The number of anilines is 1. The molecule has 2 rings (SSSR count). The van der Waals surface area contributed by atoms with Gasteiger partial charge < -0.3 is 15.5 Å². The van der Waals surface area contributed by atoms with Crippen molar-refractivity contribution in [3.8, 4) is 0 Å². The lowest BCUT2D eigenvalue weighted by atomic mass is 9.96. The summed E-state index contributed by atoms with van der Waals surface area (Å²) in [6, 6.07) is 0.512. The number of nitrogens with zero attached hydrogens (tertiary/aromatic N) is 2. The number of nitrogens with one attached hydrogen (secondary N) is 2. The van der Waals surface area contributed by atoms with E-state index in [4.69, 9.17) is 0 Å². The Hall–Kier alpha value is -1.47. The van der Waals surface area contributed by atoms with Crippen molar-refractivity contribution in [2.75, 3.05) is 25.5 Å². The number of rotatable bonds is 4. The quantitative estimate of drug-likeness (QED) is 0.879. The molecule has 1 aliphatic heterocycles. The highest BCUT2D eigenvalue weighted by Gasteiger charge is 2.24. The number of likely N-dealkylation sites (tertiary alicyclic amines) is 1. The zero-order chi connectivity index (χ0) is 17.0. The van der Waals surface area contributed by atoms with Crippen LogP contribution in [-0.2, 0) is 16.0 Å². The first-order valence-electron chi connectivity index (χ1n) is 8.00. The van der Waals surface area contributed by atoms with Gasteiger partial charge in [-0.3, -0.25) is 9.59 Å². The van der Waals surface area contributed by atoms with E-state index in [1.54, 1.807) is 0 Å². The van der Waals surface area contributed by atoms with Crippen LogP contribution < -0.4 is 10.6 Å². The number of aromatic nitrogens is 1. The second-order valence-electron chi connectivity index (χ2n) is 6.97. The molecule has 0 unspecified atom stereocenters. The first-order valence-corrected chi connectivity index (χ1v) is 8.88. The number of carbonyl (C=O) groups is 2. The Morgan fingerprint density at radius 3 is 2.57 bits per heavy atom. The third-order valence-corrected chi connectivity index (χ3v) is 4.85. The summed E-state index contributed by atoms with van der Waals surface area (Å²) in [5.74, 6) is 0.0393. The molecule has 7 heteroatoms. The van der Waals surface area contributed by atoms with Gasteiger partial charge in [-0.2, -0.15) is 0 Å². The summed E-state index contributed by atoms with van der Waals surface area (Å²) in [6.45, 7) is 7.16. The molecule has 1 aromatic heterocycles. The van der Waals surface area contributed by atoms with Gasteiger partial charge in [0.25, 0.3) is 0 Å². The Labute approximate surface area is 141 Å². The predicted octanol–water partition coefficient (Wildman–Crippen LogP) is 1.88. The molecule has 0 aliphatic carbocycles. The molecule has 23 heavy (non-hydrogen) atoms. The Kier molecular flexibility index (Phi) is 5.75. The van der Waals surface area contributed by atoms with Gasteiger partial charge in [0.1, 0.15) is 0 Å². The molecular formula is C16H26N4O2S. The van der Waals surface area contributed by atoms with Crippen LogP contribution in [0, 0.1) is 5.41 Å². The van der Waals surface area contributed by atoms with Crippen LogP contribution in [0.25, 0.3) is 0 Å². The van der Waals surface area contributed by atoms with Gasteiger partial charge in [0.15, 0.2) is 5.13 Å². The summed E-state index contributed by atoms with van der Waals surface area (Å²) < 4.78 is 0. The van der Waals surface area contributed by atoms with Crippen LogP contribution >= 0.6 is 11.3 Å². The van der Waals surface area contributed by atoms with E-state index in [1.807, 2.05) is 38.1 Å². The number of carbonyl (C=O) groups excluding carboxylic acids is 2. The van der Waals surface area contributed by atoms with Crippen molar-refractivity contribution in [3.63, 3.8) is 0 Å². The number of hydrogen-bond donors (Lipinski definition) is 2. The molecule has 0 aromatic carbocycles. The van der Waals surface area contributed by atoms with E-state index in [9.17, 15) is 9.59 Å². The van der Waals surface area contributed by atoms with Crippen molar-refractivity contribution in [3.05, 3.63) is 11.1 Å². The molecule has 1 fully saturated rings. The van der Waals surface area contributed by atoms with Gasteiger partial charge in [-0.1, -0.05) is 20.8 Å². The molecule has 0 radical (unpaired) electrons. The molecular weight excluding hydrogens is 312 g/mol. The largest absolute Gasteiger partial charge is 0.342 e. The van der Waals surface area contributed by atoms with Crippen LogP contribution in [0.4, 0.5) is 5.13 Å². The maximum absolute atomic E-state index is 12.3. The molecule has 2 amide bonds. The van der Waals surface area contributed by atoms with Crippen LogP contribution in [0.2, 0.25) is 0 Å². The monoisotopic (exact) mass is 338 g/mol. The topological polar surface area (TPSA) is 74.3 Å². The van der Waals surface area contributed by atoms with E-state index >= 15 is 0 Å². The average molecular weight is 338 g/mol. The maximum Gasteiger partial charge on any atom is 0.231 e. The fraction of sp³-hybridized carbons (Fsp3) is 0.688. The van der Waals surface area contributed by atoms with Crippen LogP contribution in [0.15, 0.2) is 5.38 Å². The number of piperidine rings is 1. The lowest BCUT2D eigenvalue weighted by molar-refractivity contribution is -0.131. The van der Waals surface area contributed by atoms with Gasteiger partial charge in [-0.15, -0.1) is 11.3 Å². The van der Waals surface area contributed by atoms with Crippen LogP contribution in [0.1, 0.15) is 39.3 Å². The predicted molar refractivity (Wildman–Crippen MR) is 92.6 cm³/mol. The molecule has 2 heterocycles. The lowest BCUT2D eigenvalue weighted by Crippen LogP contribution is -2.44. The van der Waals surface area contributed by atoms with Gasteiger partial charge in [0, 0.05) is 29.9 Å². The standard InChI is InChI=1S/C16H26N4O2S/c1-16(2,3)14(22)19-15-18-12(10-23-15)9-13(21)20-7-5-11(17-4)6-8-20/h10-11,17H,5-9H2,1-4H3,(H,18,19,22). The highest BCUT2D eigenvalue weighted by atomic mass is 32.1. The van der Waals surface area contributed by atoms with Crippen LogP contribution in [0.3, 0.4) is 0 Å². The highest BCUT2D eigenvalue weighted by molar-refractivity contribution is 7.13.